The van der Waals surface area contributed by atoms with Crippen molar-refractivity contribution >= 4 is 21.7 Å². The van der Waals surface area contributed by atoms with Crippen LogP contribution in [0.2, 0.25) is 0 Å². The second-order valence-electron chi connectivity index (χ2n) is 9.92. The fourth-order valence-electron chi connectivity index (χ4n) is 5.30. The van der Waals surface area contributed by atoms with E-state index in [4.69, 9.17) is 9.47 Å². The number of hydrogen-bond acceptors (Lipinski definition) is 9. The minimum atomic E-state index is -3.56. The molecule has 202 valence electrons. The molecule has 4 heterocycles. The monoisotopic (exact) mass is 530 g/mol. The number of aryl methyl sites for hydroxylation is 1. The van der Waals surface area contributed by atoms with Gasteiger partial charge in [-0.05, 0) is 62.6 Å². The fraction of sp³-hybridized carbons (Fsp3) is 0.615. The molecule has 0 amide bonds. The molecule has 1 atom stereocenters. The lowest BCUT2D eigenvalue weighted by atomic mass is 10.2. The van der Waals surface area contributed by atoms with Gasteiger partial charge in [0.1, 0.15) is 5.75 Å². The molecule has 3 aliphatic heterocycles. The van der Waals surface area contributed by atoms with Crippen LogP contribution in [0.25, 0.3) is 0 Å². The van der Waals surface area contributed by atoms with Crippen LogP contribution < -0.4 is 14.5 Å². The van der Waals surface area contributed by atoms with E-state index in [1.54, 1.807) is 22.5 Å². The first-order chi connectivity index (χ1) is 17.9. The number of ether oxygens (including phenoxy) is 2. The summed E-state index contributed by atoms with van der Waals surface area (Å²) in [6.07, 6.45) is 2.75. The van der Waals surface area contributed by atoms with Crippen molar-refractivity contribution in [2.75, 3.05) is 81.9 Å². The molecule has 5 rings (SSSR count). The standard InChI is InChI=1S/C26H38N6O4S/c1-3-35-24-7-6-23(19-21(24)2)37(33,34)32-16-14-31(15-17-32)26-9-8-25(27-28-26)30-12-10-29(11-13-30)20-22-5-4-18-36-22/h6-9,19,22H,3-5,10-18,20H2,1-2H3. The highest BCUT2D eigenvalue weighted by molar-refractivity contribution is 7.89. The molecule has 37 heavy (non-hydrogen) atoms. The number of nitrogens with zero attached hydrogens (tertiary/aromatic N) is 6. The topological polar surface area (TPSA) is 91.3 Å². The zero-order valence-electron chi connectivity index (χ0n) is 21.9. The first-order valence-corrected chi connectivity index (χ1v) is 14.8. The van der Waals surface area contributed by atoms with Crippen molar-refractivity contribution in [3.63, 3.8) is 0 Å². The van der Waals surface area contributed by atoms with Crippen molar-refractivity contribution in [2.24, 2.45) is 0 Å². The van der Waals surface area contributed by atoms with Crippen LogP contribution >= 0.6 is 0 Å². The molecule has 0 bridgehead atoms. The predicted molar refractivity (Wildman–Crippen MR) is 143 cm³/mol. The zero-order chi connectivity index (χ0) is 25.8. The van der Waals surface area contributed by atoms with Gasteiger partial charge in [0.2, 0.25) is 10.0 Å². The third-order valence-corrected chi connectivity index (χ3v) is 9.36. The van der Waals surface area contributed by atoms with Crippen LogP contribution in [0.4, 0.5) is 11.6 Å². The number of aromatic nitrogens is 2. The summed E-state index contributed by atoms with van der Waals surface area (Å²) in [4.78, 5) is 7.18. The Kier molecular flexibility index (Phi) is 8.13. The van der Waals surface area contributed by atoms with Crippen molar-refractivity contribution in [2.45, 2.75) is 37.7 Å². The lowest BCUT2D eigenvalue weighted by molar-refractivity contribution is 0.0712. The van der Waals surface area contributed by atoms with Gasteiger partial charge in [-0.1, -0.05) is 0 Å². The smallest absolute Gasteiger partial charge is 0.243 e. The molecule has 3 fully saturated rings. The van der Waals surface area contributed by atoms with E-state index in [9.17, 15) is 8.42 Å². The molecule has 1 aromatic heterocycles. The predicted octanol–water partition coefficient (Wildman–Crippen LogP) is 2.00. The Bertz CT molecular complexity index is 1140. The van der Waals surface area contributed by atoms with E-state index in [1.807, 2.05) is 26.0 Å². The summed E-state index contributed by atoms with van der Waals surface area (Å²) >= 11 is 0. The van der Waals surface area contributed by atoms with E-state index < -0.39 is 10.0 Å². The maximum Gasteiger partial charge on any atom is 0.243 e. The first kappa shape index (κ1) is 26.1. The highest BCUT2D eigenvalue weighted by atomic mass is 32.2. The molecule has 3 saturated heterocycles. The molecule has 0 spiro atoms. The fourth-order valence-corrected chi connectivity index (χ4v) is 6.81. The SMILES string of the molecule is CCOc1ccc(S(=O)(=O)N2CCN(c3ccc(N4CCN(CC5CCCO5)CC4)nn3)CC2)cc1C. The molecule has 0 N–H and O–H groups in total. The minimum absolute atomic E-state index is 0.307. The maximum atomic E-state index is 13.2. The Morgan fingerprint density at radius 3 is 2.14 bits per heavy atom. The molecule has 1 unspecified atom stereocenters. The molecule has 0 saturated carbocycles. The Morgan fingerprint density at radius 1 is 0.946 bits per heavy atom. The van der Waals surface area contributed by atoms with Crippen molar-refractivity contribution in [3.8, 4) is 5.75 Å². The van der Waals surface area contributed by atoms with Gasteiger partial charge in [-0.25, -0.2) is 8.42 Å². The number of rotatable bonds is 8. The summed E-state index contributed by atoms with van der Waals surface area (Å²) in [5, 5.41) is 8.98. The van der Waals surface area contributed by atoms with Gasteiger partial charge in [0.15, 0.2) is 11.6 Å². The summed E-state index contributed by atoms with van der Waals surface area (Å²) in [6, 6.07) is 9.10. The highest BCUT2D eigenvalue weighted by Gasteiger charge is 2.30. The van der Waals surface area contributed by atoms with Gasteiger partial charge in [0, 0.05) is 65.5 Å². The van der Waals surface area contributed by atoms with Crippen LogP contribution in [0.5, 0.6) is 5.75 Å². The number of benzene rings is 1. The summed E-state index contributed by atoms with van der Waals surface area (Å²) in [7, 11) is -3.56. The summed E-state index contributed by atoms with van der Waals surface area (Å²) in [6.45, 7) is 12.1. The van der Waals surface area contributed by atoms with Gasteiger partial charge >= 0.3 is 0 Å². The lowest BCUT2D eigenvalue weighted by Gasteiger charge is -2.36. The minimum Gasteiger partial charge on any atom is -0.494 e. The van der Waals surface area contributed by atoms with Gasteiger partial charge in [0.25, 0.3) is 0 Å². The van der Waals surface area contributed by atoms with Crippen LogP contribution in [0.15, 0.2) is 35.2 Å². The Labute approximate surface area is 220 Å². The van der Waals surface area contributed by atoms with E-state index in [-0.39, 0.29) is 0 Å². The average molecular weight is 531 g/mol. The Morgan fingerprint density at radius 2 is 1.59 bits per heavy atom. The Hall–Kier alpha value is -2.47. The normalized spacial score (nSPS) is 21.9. The zero-order valence-corrected chi connectivity index (χ0v) is 22.7. The van der Waals surface area contributed by atoms with Crippen LogP contribution in [0.1, 0.15) is 25.3 Å². The van der Waals surface area contributed by atoms with Crippen LogP contribution in [-0.2, 0) is 14.8 Å². The van der Waals surface area contributed by atoms with Crippen molar-refractivity contribution in [1.82, 2.24) is 19.4 Å². The van der Waals surface area contributed by atoms with E-state index in [2.05, 4.69) is 24.9 Å². The molecule has 3 aliphatic rings. The van der Waals surface area contributed by atoms with Crippen molar-refractivity contribution < 1.29 is 17.9 Å². The Balaban J connectivity index is 1.13. The molecule has 0 radical (unpaired) electrons. The lowest BCUT2D eigenvalue weighted by Crippen LogP contribution is -2.49. The number of anilines is 2. The van der Waals surface area contributed by atoms with Gasteiger partial charge in [0.05, 0.1) is 17.6 Å². The van der Waals surface area contributed by atoms with Gasteiger partial charge in [-0.3, -0.25) is 4.90 Å². The number of hydrogen-bond donors (Lipinski definition) is 0. The van der Waals surface area contributed by atoms with E-state index in [1.165, 1.54) is 12.8 Å². The second-order valence-corrected chi connectivity index (χ2v) is 11.9. The van der Waals surface area contributed by atoms with Gasteiger partial charge < -0.3 is 19.3 Å². The first-order valence-electron chi connectivity index (χ1n) is 13.4. The largest absolute Gasteiger partial charge is 0.494 e. The molecule has 1 aromatic carbocycles. The highest BCUT2D eigenvalue weighted by Crippen LogP contribution is 2.26. The van der Waals surface area contributed by atoms with Crippen LogP contribution in [-0.4, -0.2) is 106 Å². The van der Waals surface area contributed by atoms with Crippen LogP contribution in [0, 0.1) is 6.92 Å². The van der Waals surface area contributed by atoms with Gasteiger partial charge in [-0.2, -0.15) is 4.31 Å². The van der Waals surface area contributed by atoms with Crippen molar-refractivity contribution in [3.05, 3.63) is 35.9 Å². The average Bonchev–Trinajstić information content (AvgIpc) is 3.44. The molecule has 10 nitrogen and oxygen atoms in total. The van der Waals surface area contributed by atoms with E-state index >= 15 is 0 Å². The second kappa shape index (κ2) is 11.5. The molecule has 11 heteroatoms. The van der Waals surface area contributed by atoms with Gasteiger partial charge in [-0.15, -0.1) is 10.2 Å². The quantitative estimate of drug-likeness (QED) is 0.508. The summed E-state index contributed by atoms with van der Waals surface area (Å²) < 4.78 is 39.3. The molecular weight excluding hydrogens is 492 g/mol. The molecule has 0 aliphatic carbocycles. The third kappa shape index (κ3) is 6.00. The number of sulfonamides is 1. The molecule has 2 aromatic rings. The summed E-state index contributed by atoms with van der Waals surface area (Å²) in [5.41, 5.74) is 0.821. The van der Waals surface area contributed by atoms with E-state index in [0.29, 0.717) is 49.5 Å². The number of piperazine rings is 2. The summed E-state index contributed by atoms with van der Waals surface area (Å²) in [5.74, 6) is 2.40. The molecular formula is C26H38N6O4S. The van der Waals surface area contributed by atoms with E-state index in [0.717, 1.165) is 56.5 Å². The van der Waals surface area contributed by atoms with Crippen LogP contribution in [0.3, 0.4) is 0 Å². The maximum absolute atomic E-state index is 13.2. The van der Waals surface area contributed by atoms with Crippen molar-refractivity contribution in [1.29, 1.82) is 0 Å². The third-order valence-electron chi connectivity index (χ3n) is 7.47.